The van der Waals surface area contributed by atoms with Crippen LogP contribution in [-0.2, 0) is 14.3 Å². The number of anilines is 2. The molecule has 1 aromatic heterocycles. The van der Waals surface area contributed by atoms with Crippen LogP contribution in [0.25, 0.3) is 0 Å². The van der Waals surface area contributed by atoms with Gasteiger partial charge in [0.1, 0.15) is 5.82 Å². The molecule has 1 fully saturated rings. The summed E-state index contributed by atoms with van der Waals surface area (Å²) in [6.45, 7) is 2.63. The van der Waals surface area contributed by atoms with Gasteiger partial charge in [0.2, 0.25) is 6.10 Å². The molecule has 0 aliphatic carbocycles. The van der Waals surface area contributed by atoms with Gasteiger partial charge >= 0.3 is 5.97 Å². The molecule has 3 aromatic rings. The number of morpholine rings is 1. The molecule has 1 N–H and O–H groups in total. The van der Waals surface area contributed by atoms with Gasteiger partial charge in [0, 0.05) is 37.0 Å². The van der Waals surface area contributed by atoms with Crippen molar-refractivity contribution >= 4 is 40.7 Å². The van der Waals surface area contributed by atoms with Crippen molar-refractivity contribution < 1.29 is 24.0 Å². The Kier molecular flexibility index (Phi) is 7.54. The SMILES string of the molecule is O=C(OC(C(=O)Nc1ccc([N+](=O)[O-])cc1Cl)c1ccccc1)c1ccc(N2CCOCC2)nc1. The highest BCUT2D eigenvalue weighted by atomic mass is 35.5. The van der Waals surface area contributed by atoms with Gasteiger partial charge in [-0.2, -0.15) is 0 Å². The molecule has 11 heteroatoms. The Balaban J connectivity index is 1.51. The number of non-ortho nitro benzene ring substituents is 1. The Morgan fingerprint density at radius 2 is 1.86 bits per heavy atom. The molecule has 0 spiro atoms. The lowest BCUT2D eigenvalue weighted by Gasteiger charge is -2.27. The third kappa shape index (κ3) is 5.92. The number of carbonyl (C=O) groups is 2. The zero-order valence-electron chi connectivity index (χ0n) is 18.4. The lowest BCUT2D eigenvalue weighted by Crippen LogP contribution is -2.36. The highest BCUT2D eigenvalue weighted by Crippen LogP contribution is 2.29. The molecule has 1 saturated heterocycles. The summed E-state index contributed by atoms with van der Waals surface area (Å²) in [5.74, 6) is -0.682. The van der Waals surface area contributed by atoms with E-state index < -0.39 is 22.9 Å². The topological polar surface area (TPSA) is 124 Å². The van der Waals surface area contributed by atoms with E-state index in [1.165, 1.54) is 18.3 Å². The number of aromatic nitrogens is 1. The van der Waals surface area contributed by atoms with E-state index in [9.17, 15) is 19.7 Å². The predicted octanol–water partition coefficient (Wildman–Crippen LogP) is 4.02. The molecule has 1 atom stereocenters. The van der Waals surface area contributed by atoms with Gasteiger partial charge in [-0.25, -0.2) is 9.78 Å². The van der Waals surface area contributed by atoms with Crippen molar-refractivity contribution in [1.82, 2.24) is 4.98 Å². The number of nitro benzene ring substituents is 1. The van der Waals surface area contributed by atoms with Crippen molar-refractivity contribution in [3.8, 4) is 0 Å². The number of hydrogen-bond donors (Lipinski definition) is 1. The number of nitro groups is 1. The maximum Gasteiger partial charge on any atom is 0.340 e. The number of nitrogens with one attached hydrogen (secondary N) is 1. The number of hydrogen-bond acceptors (Lipinski definition) is 8. The van der Waals surface area contributed by atoms with Crippen molar-refractivity contribution in [3.05, 3.63) is 93.1 Å². The van der Waals surface area contributed by atoms with E-state index in [2.05, 4.69) is 10.3 Å². The van der Waals surface area contributed by atoms with Crippen LogP contribution in [0.15, 0.2) is 66.9 Å². The number of pyridine rings is 1. The summed E-state index contributed by atoms with van der Waals surface area (Å²) in [4.78, 5) is 42.7. The second kappa shape index (κ2) is 10.9. The Labute approximate surface area is 205 Å². The Morgan fingerprint density at radius 3 is 2.49 bits per heavy atom. The summed E-state index contributed by atoms with van der Waals surface area (Å²) >= 11 is 6.10. The highest BCUT2D eigenvalue weighted by Gasteiger charge is 2.27. The number of rotatable bonds is 7. The second-order valence-electron chi connectivity index (χ2n) is 7.61. The molecule has 1 unspecified atom stereocenters. The van der Waals surface area contributed by atoms with Gasteiger partial charge in [-0.1, -0.05) is 41.9 Å². The van der Waals surface area contributed by atoms with Crippen LogP contribution < -0.4 is 10.2 Å². The van der Waals surface area contributed by atoms with Crippen molar-refractivity contribution in [2.75, 3.05) is 36.5 Å². The fourth-order valence-corrected chi connectivity index (χ4v) is 3.70. The molecule has 1 amide bonds. The van der Waals surface area contributed by atoms with Crippen molar-refractivity contribution in [2.24, 2.45) is 0 Å². The van der Waals surface area contributed by atoms with E-state index >= 15 is 0 Å². The molecule has 10 nitrogen and oxygen atoms in total. The number of nitrogens with zero attached hydrogens (tertiary/aromatic N) is 3. The lowest BCUT2D eigenvalue weighted by atomic mass is 10.1. The van der Waals surface area contributed by atoms with Crippen LogP contribution in [-0.4, -0.2) is 48.1 Å². The number of benzene rings is 2. The molecule has 2 aromatic carbocycles. The molecule has 4 rings (SSSR count). The lowest BCUT2D eigenvalue weighted by molar-refractivity contribution is -0.384. The summed E-state index contributed by atoms with van der Waals surface area (Å²) in [7, 11) is 0. The average Bonchev–Trinajstić information content (AvgIpc) is 2.89. The Hall–Kier alpha value is -4.02. The number of amides is 1. The van der Waals surface area contributed by atoms with Gasteiger partial charge in [0.05, 0.1) is 34.4 Å². The zero-order chi connectivity index (χ0) is 24.8. The van der Waals surface area contributed by atoms with Gasteiger partial charge in [-0.3, -0.25) is 14.9 Å². The average molecular weight is 497 g/mol. The first-order chi connectivity index (χ1) is 16.9. The third-order valence-electron chi connectivity index (χ3n) is 5.31. The van der Waals surface area contributed by atoms with Crippen LogP contribution in [0.3, 0.4) is 0 Å². The van der Waals surface area contributed by atoms with Crippen LogP contribution in [0.1, 0.15) is 22.0 Å². The van der Waals surface area contributed by atoms with Gasteiger partial charge in [-0.15, -0.1) is 0 Å². The summed E-state index contributed by atoms with van der Waals surface area (Å²) in [5, 5.41) is 13.5. The van der Waals surface area contributed by atoms with E-state index in [0.29, 0.717) is 31.9 Å². The van der Waals surface area contributed by atoms with E-state index in [1.54, 1.807) is 42.5 Å². The molecule has 35 heavy (non-hydrogen) atoms. The first-order valence-corrected chi connectivity index (χ1v) is 11.1. The van der Waals surface area contributed by atoms with E-state index in [-0.39, 0.29) is 22.0 Å². The van der Waals surface area contributed by atoms with Crippen molar-refractivity contribution in [1.29, 1.82) is 0 Å². The van der Waals surface area contributed by atoms with Crippen LogP contribution in [0.4, 0.5) is 17.2 Å². The van der Waals surface area contributed by atoms with Crippen LogP contribution in [0, 0.1) is 10.1 Å². The van der Waals surface area contributed by atoms with Crippen molar-refractivity contribution in [2.45, 2.75) is 6.10 Å². The molecule has 0 saturated carbocycles. The summed E-state index contributed by atoms with van der Waals surface area (Å²) in [6, 6.07) is 15.4. The standard InChI is InChI=1S/C24H21ClN4O6/c25-19-14-18(29(32)33)7-8-20(19)27-23(30)22(16-4-2-1-3-5-16)35-24(31)17-6-9-21(26-15-17)28-10-12-34-13-11-28/h1-9,14-15,22H,10-13H2,(H,27,30). The van der Waals surface area contributed by atoms with Gasteiger partial charge in [0.25, 0.3) is 11.6 Å². The molecular formula is C24H21ClN4O6. The van der Waals surface area contributed by atoms with Gasteiger partial charge < -0.3 is 19.7 Å². The highest BCUT2D eigenvalue weighted by molar-refractivity contribution is 6.34. The molecule has 2 heterocycles. The first-order valence-electron chi connectivity index (χ1n) is 10.7. The minimum Gasteiger partial charge on any atom is -0.444 e. The Morgan fingerprint density at radius 1 is 1.11 bits per heavy atom. The van der Waals surface area contributed by atoms with E-state index in [1.807, 2.05) is 4.90 Å². The van der Waals surface area contributed by atoms with Gasteiger partial charge in [-0.05, 0) is 18.2 Å². The maximum absolute atomic E-state index is 13.1. The molecule has 0 bridgehead atoms. The second-order valence-corrected chi connectivity index (χ2v) is 8.02. The largest absolute Gasteiger partial charge is 0.444 e. The fourth-order valence-electron chi connectivity index (χ4n) is 3.48. The quantitative estimate of drug-likeness (QED) is 0.295. The molecule has 180 valence electrons. The van der Waals surface area contributed by atoms with Crippen molar-refractivity contribution in [3.63, 3.8) is 0 Å². The predicted molar refractivity (Wildman–Crippen MR) is 129 cm³/mol. The summed E-state index contributed by atoms with van der Waals surface area (Å²) in [6.07, 6.45) is 0.106. The number of halogens is 1. The monoisotopic (exact) mass is 496 g/mol. The van der Waals surface area contributed by atoms with Crippen LogP contribution >= 0.6 is 11.6 Å². The summed E-state index contributed by atoms with van der Waals surface area (Å²) < 4.78 is 10.9. The smallest absolute Gasteiger partial charge is 0.340 e. The fraction of sp³-hybridized carbons (Fsp3) is 0.208. The number of carbonyl (C=O) groups excluding carboxylic acids is 2. The first kappa shape index (κ1) is 24.1. The van der Waals surface area contributed by atoms with Gasteiger partial charge in [0.15, 0.2) is 0 Å². The van der Waals surface area contributed by atoms with E-state index in [0.717, 1.165) is 11.9 Å². The number of ether oxygens (including phenoxy) is 2. The minimum absolute atomic E-state index is 0.0198. The zero-order valence-corrected chi connectivity index (χ0v) is 19.2. The van der Waals surface area contributed by atoms with E-state index in [4.69, 9.17) is 21.1 Å². The van der Waals surface area contributed by atoms with Crippen LogP contribution in [0.2, 0.25) is 5.02 Å². The minimum atomic E-state index is -1.30. The Bertz CT molecular complexity index is 1220. The molecule has 0 radical (unpaired) electrons. The number of esters is 1. The third-order valence-corrected chi connectivity index (χ3v) is 5.62. The molecular weight excluding hydrogens is 476 g/mol. The molecule has 1 aliphatic heterocycles. The normalized spacial score (nSPS) is 14.1. The maximum atomic E-state index is 13.1. The molecule has 1 aliphatic rings. The summed E-state index contributed by atoms with van der Waals surface area (Å²) in [5.41, 5.74) is 0.557. The van der Waals surface area contributed by atoms with Crippen LogP contribution in [0.5, 0.6) is 0 Å².